The molecular formula is C17H18BrNO2. The van der Waals surface area contributed by atoms with Crippen LogP contribution in [0.25, 0.3) is 0 Å². The van der Waals surface area contributed by atoms with Gasteiger partial charge in [-0.3, -0.25) is 4.79 Å². The Morgan fingerprint density at radius 2 is 1.81 bits per heavy atom. The summed E-state index contributed by atoms with van der Waals surface area (Å²) in [4.78, 5) is 14.3. The lowest BCUT2D eigenvalue weighted by Crippen LogP contribution is -2.30. The highest BCUT2D eigenvalue weighted by Gasteiger charge is 2.21. The molecule has 110 valence electrons. The maximum atomic E-state index is 12.6. The lowest BCUT2D eigenvalue weighted by atomic mass is 10.1. The second kappa shape index (κ2) is 6.31. The molecule has 0 spiro atoms. The minimum atomic E-state index is -0.0782. The van der Waals surface area contributed by atoms with Crippen molar-refractivity contribution in [1.29, 1.82) is 0 Å². The summed E-state index contributed by atoms with van der Waals surface area (Å²) in [5, 5.41) is 9.34. The van der Waals surface area contributed by atoms with Gasteiger partial charge in [-0.25, -0.2) is 0 Å². The van der Waals surface area contributed by atoms with Crippen LogP contribution in [0.3, 0.4) is 0 Å². The van der Waals surface area contributed by atoms with Crippen molar-refractivity contribution in [2.24, 2.45) is 0 Å². The van der Waals surface area contributed by atoms with Crippen molar-refractivity contribution < 1.29 is 9.90 Å². The Morgan fingerprint density at radius 1 is 1.19 bits per heavy atom. The fourth-order valence-electron chi connectivity index (χ4n) is 2.15. The van der Waals surface area contributed by atoms with Crippen LogP contribution in [0.5, 0.6) is 5.75 Å². The first-order chi connectivity index (χ1) is 9.91. The van der Waals surface area contributed by atoms with Gasteiger partial charge in [0.1, 0.15) is 5.75 Å². The first-order valence-corrected chi connectivity index (χ1v) is 7.52. The Balaban J connectivity index is 2.26. The molecule has 3 nitrogen and oxygen atoms in total. The summed E-state index contributed by atoms with van der Waals surface area (Å²) in [6.07, 6.45) is 0. The van der Waals surface area contributed by atoms with Crippen molar-refractivity contribution in [2.75, 3.05) is 7.05 Å². The minimum Gasteiger partial charge on any atom is -0.508 e. The molecule has 0 heterocycles. The molecule has 0 bridgehead atoms. The van der Waals surface area contributed by atoms with Gasteiger partial charge in [0, 0.05) is 11.5 Å². The standard InChI is InChI=1S/C17H18BrNO2/c1-11-5-4-6-15(16(11)18)17(21)19(3)12(2)13-7-9-14(20)10-8-13/h4-10,12,20H,1-3H3. The van der Waals surface area contributed by atoms with Crippen LogP contribution >= 0.6 is 15.9 Å². The zero-order chi connectivity index (χ0) is 15.6. The molecule has 2 aromatic rings. The summed E-state index contributed by atoms with van der Waals surface area (Å²) >= 11 is 3.48. The minimum absolute atomic E-state index is 0.0360. The average molecular weight is 348 g/mol. The number of carbonyl (C=O) groups is 1. The predicted molar refractivity (Wildman–Crippen MR) is 87.5 cm³/mol. The smallest absolute Gasteiger partial charge is 0.255 e. The molecule has 0 saturated heterocycles. The number of benzene rings is 2. The van der Waals surface area contributed by atoms with Crippen LogP contribution in [-0.2, 0) is 0 Å². The number of amides is 1. The van der Waals surface area contributed by atoms with Crippen molar-refractivity contribution in [3.8, 4) is 5.75 Å². The van der Waals surface area contributed by atoms with Gasteiger partial charge < -0.3 is 10.0 Å². The quantitative estimate of drug-likeness (QED) is 0.899. The maximum Gasteiger partial charge on any atom is 0.255 e. The van der Waals surface area contributed by atoms with Crippen LogP contribution in [-0.4, -0.2) is 23.0 Å². The lowest BCUT2D eigenvalue weighted by molar-refractivity contribution is 0.0741. The Bertz CT molecular complexity index is 652. The van der Waals surface area contributed by atoms with Crippen LogP contribution in [0.15, 0.2) is 46.9 Å². The van der Waals surface area contributed by atoms with Gasteiger partial charge >= 0.3 is 0 Å². The Morgan fingerprint density at radius 3 is 2.43 bits per heavy atom. The average Bonchev–Trinajstić information content (AvgIpc) is 2.48. The molecule has 1 atom stereocenters. The highest BCUT2D eigenvalue weighted by atomic mass is 79.9. The molecule has 21 heavy (non-hydrogen) atoms. The molecule has 0 aromatic heterocycles. The van der Waals surface area contributed by atoms with Gasteiger partial charge in [-0.2, -0.15) is 0 Å². The third kappa shape index (κ3) is 3.27. The molecule has 0 aliphatic rings. The maximum absolute atomic E-state index is 12.6. The van der Waals surface area contributed by atoms with E-state index in [0.29, 0.717) is 5.56 Å². The van der Waals surface area contributed by atoms with Crippen molar-refractivity contribution in [2.45, 2.75) is 19.9 Å². The van der Waals surface area contributed by atoms with E-state index in [2.05, 4.69) is 15.9 Å². The zero-order valence-corrected chi connectivity index (χ0v) is 13.9. The highest BCUT2D eigenvalue weighted by molar-refractivity contribution is 9.10. The second-order valence-electron chi connectivity index (χ2n) is 5.12. The van der Waals surface area contributed by atoms with Gasteiger partial charge in [-0.15, -0.1) is 0 Å². The van der Waals surface area contributed by atoms with Crippen molar-refractivity contribution in [3.05, 3.63) is 63.6 Å². The van der Waals surface area contributed by atoms with Crippen LogP contribution in [0.2, 0.25) is 0 Å². The summed E-state index contributed by atoms with van der Waals surface area (Å²) < 4.78 is 0.833. The third-order valence-corrected chi connectivity index (χ3v) is 4.75. The Hall–Kier alpha value is -1.81. The van der Waals surface area contributed by atoms with Crippen LogP contribution < -0.4 is 0 Å². The summed E-state index contributed by atoms with van der Waals surface area (Å²) in [5.74, 6) is 0.188. The zero-order valence-electron chi connectivity index (χ0n) is 12.3. The number of aromatic hydroxyl groups is 1. The van der Waals surface area contributed by atoms with Crippen molar-refractivity contribution in [1.82, 2.24) is 4.90 Å². The van der Waals surface area contributed by atoms with E-state index in [-0.39, 0.29) is 17.7 Å². The highest BCUT2D eigenvalue weighted by Crippen LogP contribution is 2.26. The van der Waals surface area contributed by atoms with E-state index in [1.807, 2.05) is 44.2 Å². The van der Waals surface area contributed by atoms with E-state index < -0.39 is 0 Å². The van der Waals surface area contributed by atoms with Gasteiger partial charge in [0.15, 0.2) is 0 Å². The number of carbonyl (C=O) groups excluding carboxylic acids is 1. The van der Waals surface area contributed by atoms with E-state index in [9.17, 15) is 9.90 Å². The molecule has 0 aliphatic heterocycles. The fourth-order valence-corrected chi connectivity index (χ4v) is 2.59. The molecule has 1 unspecified atom stereocenters. The molecule has 0 aliphatic carbocycles. The molecule has 4 heteroatoms. The van der Waals surface area contributed by atoms with Gasteiger partial charge in [-0.05, 0) is 59.1 Å². The Labute approximate surface area is 133 Å². The summed E-state index contributed by atoms with van der Waals surface area (Å²) in [7, 11) is 1.79. The molecule has 0 fully saturated rings. The van der Waals surface area contributed by atoms with Gasteiger partial charge in [0.2, 0.25) is 0 Å². The number of hydrogen-bond acceptors (Lipinski definition) is 2. The van der Waals surface area contributed by atoms with Gasteiger partial charge in [0.05, 0.1) is 11.6 Å². The number of nitrogens with zero attached hydrogens (tertiary/aromatic N) is 1. The molecule has 0 saturated carbocycles. The predicted octanol–water partition coefficient (Wildman–Crippen LogP) is 4.30. The monoisotopic (exact) mass is 347 g/mol. The van der Waals surface area contributed by atoms with E-state index >= 15 is 0 Å². The van der Waals surface area contributed by atoms with Gasteiger partial charge in [0.25, 0.3) is 5.91 Å². The first kappa shape index (κ1) is 15.6. The van der Waals surface area contributed by atoms with E-state index in [1.54, 1.807) is 24.1 Å². The molecule has 1 amide bonds. The topological polar surface area (TPSA) is 40.5 Å². The number of hydrogen-bond donors (Lipinski definition) is 1. The number of aryl methyl sites for hydroxylation is 1. The molecular weight excluding hydrogens is 330 g/mol. The number of phenols is 1. The third-order valence-electron chi connectivity index (χ3n) is 3.70. The first-order valence-electron chi connectivity index (χ1n) is 6.73. The molecule has 2 aromatic carbocycles. The number of phenolic OH excluding ortho intramolecular Hbond substituents is 1. The number of rotatable bonds is 3. The van der Waals surface area contributed by atoms with Crippen molar-refractivity contribution in [3.63, 3.8) is 0 Å². The van der Waals surface area contributed by atoms with Crippen LogP contribution in [0.4, 0.5) is 0 Å². The molecule has 1 N–H and O–H groups in total. The van der Waals surface area contributed by atoms with Gasteiger partial charge in [-0.1, -0.05) is 24.3 Å². The lowest BCUT2D eigenvalue weighted by Gasteiger charge is -2.26. The Kier molecular flexibility index (Phi) is 4.68. The van der Waals surface area contributed by atoms with Crippen LogP contribution in [0, 0.1) is 6.92 Å². The van der Waals surface area contributed by atoms with Crippen LogP contribution in [0.1, 0.15) is 34.5 Å². The second-order valence-corrected chi connectivity index (χ2v) is 5.91. The van der Waals surface area contributed by atoms with E-state index in [0.717, 1.165) is 15.6 Å². The largest absolute Gasteiger partial charge is 0.508 e. The van der Waals surface area contributed by atoms with E-state index in [4.69, 9.17) is 0 Å². The fraction of sp³-hybridized carbons (Fsp3) is 0.235. The molecule has 2 rings (SSSR count). The number of halogens is 1. The van der Waals surface area contributed by atoms with E-state index in [1.165, 1.54) is 0 Å². The molecule has 0 radical (unpaired) electrons. The summed E-state index contributed by atoms with van der Waals surface area (Å²) in [5.41, 5.74) is 2.67. The SMILES string of the molecule is Cc1cccc(C(=O)N(C)C(C)c2ccc(O)cc2)c1Br. The van der Waals surface area contributed by atoms with Crippen molar-refractivity contribution >= 4 is 21.8 Å². The normalized spacial score (nSPS) is 12.0. The summed E-state index contributed by atoms with van der Waals surface area (Å²) in [6, 6.07) is 12.5. The summed E-state index contributed by atoms with van der Waals surface area (Å²) in [6.45, 7) is 3.93.